The van der Waals surface area contributed by atoms with E-state index >= 15 is 0 Å². The summed E-state index contributed by atoms with van der Waals surface area (Å²) >= 11 is 1.48. The van der Waals surface area contributed by atoms with Crippen molar-refractivity contribution in [2.24, 2.45) is 5.92 Å². The van der Waals surface area contributed by atoms with E-state index in [1.54, 1.807) is 0 Å². The van der Waals surface area contributed by atoms with Gasteiger partial charge in [0.25, 0.3) is 5.19 Å². The van der Waals surface area contributed by atoms with Gasteiger partial charge in [0.2, 0.25) is 0 Å². The van der Waals surface area contributed by atoms with Gasteiger partial charge in [-0.15, -0.1) is 10.2 Å². The van der Waals surface area contributed by atoms with Crippen LogP contribution in [0.2, 0.25) is 0 Å². The lowest BCUT2D eigenvalue weighted by Crippen LogP contribution is -2.21. The van der Waals surface area contributed by atoms with Crippen molar-refractivity contribution in [3.8, 4) is 5.19 Å². The highest BCUT2D eigenvalue weighted by atomic mass is 32.1. The molecule has 104 valence electrons. The Morgan fingerprint density at radius 3 is 2.61 bits per heavy atom. The molecular weight excluding hydrogens is 250 g/mol. The van der Waals surface area contributed by atoms with Crippen molar-refractivity contribution < 1.29 is 9.47 Å². The summed E-state index contributed by atoms with van der Waals surface area (Å²) in [5.74, 6) is 0.556. The maximum Gasteiger partial charge on any atom is 0.294 e. The van der Waals surface area contributed by atoms with E-state index in [4.69, 9.17) is 9.47 Å². The molecule has 0 fully saturated rings. The van der Waals surface area contributed by atoms with Crippen LogP contribution in [0.25, 0.3) is 0 Å². The highest BCUT2D eigenvalue weighted by Gasteiger charge is 2.05. The third-order valence-electron chi connectivity index (χ3n) is 2.01. The van der Waals surface area contributed by atoms with Crippen molar-refractivity contribution in [1.29, 1.82) is 0 Å². The second kappa shape index (κ2) is 8.39. The first-order valence-electron chi connectivity index (χ1n) is 6.34. The van der Waals surface area contributed by atoms with Gasteiger partial charge in [-0.25, -0.2) is 0 Å². The predicted molar refractivity (Wildman–Crippen MR) is 73.0 cm³/mol. The standard InChI is InChI=1S/C12H23N3O2S/c1-9(2)8-16-5-6-17-12-15-14-11(18-12)7-13-10(3)4/h9-10,13H,5-8H2,1-4H3. The molecule has 1 rings (SSSR count). The number of hydrogen-bond acceptors (Lipinski definition) is 6. The molecule has 0 atom stereocenters. The molecule has 1 aromatic rings. The molecule has 6 heteroatoms. The first-order chi connectivity index (χ1) is 8.58. The van der Waals surface area contributed by atoms with Gasteiger partial charge in [-0.05, 0) is 5.92 Å². The van der Waals surface area contributed by atoms with Crippen molar-refractivity contribution in [2.75, 3.05) is 19.8 Å². The zero-order chi connectivity index (χ0) is 13.4. The molecular formula is C12H23N3O2S. The van der Waals surface area contributed by atoms with E-state index in [0.29, 0.717) is 30.4 Å². The molecule has 0 bridgehead atoms. The molecule has 0 aliphatic heterocycles. The highest BCUT2D eigenvalue weighted by Crippen LogP contribution is 2.17. The van der Waals surface area contributed by atoms with Crippen LogP contribution in [0.5, 0.6) is 5.19 Å². The first kappa shape index (κ1) is 15.3. The molecule has 18 heavy (non-hydrogen) atoms. The summed E-state index contributed by atoms with van der Waals surface area (Å²) in [4.78, 5) is 0. The lowest BCUT2D eigenvalue weighted by molar-refractivity contribution is 0.0816. The first-order valence-corrected chi connectivity index (χ1v) is 7.16. The van der Waals surface area contributed by atoms with Crippen LogP contribution in [0.4, 0.5) is 0 Å². The molecule has 1 N–H and O–H groups in total. The molecule has 0 radical (unpaired) electrons. The van der Waals surface area contributed by atoms with Crippen LogP contribution in [-0.2, 0) is 11.3 Å². The SMILES string of the molecule is CC(C)COCCOc1nnc(CNC(C)C)s1. The van der Waals surface area contributed by atoms with Crippen LogP contribution in [0.1, 0.15) is 32.7 Å². The van der Waals surface area contributed by atoms with Gasteiger partial charge in [0.15, 0.2) is 0 Å². The zero-order valence-corrected chi connectivity index (χ0v) is 12.4. The topological polar surface area (TPSA) is 56.3 Å². The summed E-state index contributed by atoms with van der Waals surface area (Å²) in [6.07, 6.45) is 0. The fraction of sp³-hybridized carbons (Fsp3) is 0.833. The Hall–Kier alpha value is -0.720. The van der Waals surface area contributed by atoms with Gasteiger partial charge < -0.3 is 14.8 Å². The van der Waals surface area contributed by atoms with Crippen LogP contribution in [-0.4, -0.2) is 36.1 Å². The largest absolute Gasteiger partial charge is 0.466 e. The van der Waals surface area contributed by atoms with E-state index in [2.05, 4.69) is 43.2 Å². The predicted octanol–water partition coefficient (Wildman–Crippen LogP) is 2.09. The Morgan fingerprint density at radius 2 is 1.94 bits per heavy atom. The molecule has 1 aromatic heterocycles. The molecule has 0 amide bonds. The smallest absolute Gasteiger partial charge is 0.294 e. The van der Waals surface area contributed by atoms with Crippen molar-refractivity contribution >= 4 is 11.3 Å². The summed E-state index contributed by atoms with van der Waals surface area (Å²) in [6, 6.07) is 0.447. The minimum absolute atomic E-state index is 0.447. The number of rotatable bonds is 9. The molecule has 0 spiro atoms. The maximum absolute atomic E-state index is 5.47. The second-order valence-corrected chi connectivity index (χ2v) is 5.84. The molecule has 5 nitrogen and oxygen atoms in total. The minimum Gasteiger partial charge on any atom is -0.466 e. The van der Waals surface area contributed by atoms with Gasteiger partial charge >= 0.3 is 0 Å². The molecule has 1 heterocycles. The second-order valence-electron chi connectivity index (χ2n) is 4.81. The van der Waals surface area contributed by atoms with Crippen LogP contribution in [0.15, 0.2) is 0 Å². The van der Waals surface area contributed by atoms with Crippen LogP contribution in [0, 0.1) is 5.92 Å². The summed E-state index contributed by atoms with van der Waals surface area (Å²) in [5.41, 5.74) is 0. The Bertz CT molecular complexity index is 329. The normalized spacial score (nSPS) is 11.4. The average molecular weight is 273 g/mol. The molecule has 0 unspecified atom stereocenters. The number of nitrogens with zero attached hydrogens (tertiary/aromatic N) is 2. The van der Waals surface area contributed by atoms with E-state index in [1.165, 1.54) is 11.3 Å². The Morgan fingerprint density at radius 1 is 1.17 bits per heavy atom. The Kier molecular flexibility index (Phi) is 7.15. The van der Waals surface area contributed by atoms with E-state index in [-0.39, 0.29) is 0 Å². The fourth-order valence-corrected chi connectivity index (χ4v) is 1.83. The molecule has 0 aliphatic rings. The highest BCUT2D eigenvalue weighted by molar-refractivity contribution is 7.13. The van der Waals surface area contributed by atoms with Gasteiger partial charge in [-0.2, -0.15) is 0 Å². The fourth-order valence-electron chi connectivity index (χ4n) is 1.17. The van der Waals surface area contributed by atoms with Gasteiger partial charge in [-0.3, -0.25) is 0 Å². The van der Waals surface area contributed by atoms with Crippen LogP contribution < -0.4 is 10.1 Å². The van der Waals surface area contributed by atoms with Gasteiger partial charge in [0, 0.05) is 12.6 Å². The molecule has 0 saturated heterocycles. The molecule has 0 aromatic carbocycles. The van der Waals surface area contributed by atoms with E-state index < -0.39 is 0 Å². The summed E-state index contributed by atoms with van der Waals surface area (Å²) in [6.45, 7) is 11.1. The lowest BCUT2D eigenvalue weighted by Gasteiger charge is -2.06. The van der Waals surface area contributed by atoms with E-state index in [1.807, 2.05) is 0 Å². The number of nitrogens with one attached hydrogen (secondary N) is 1. The number of aromatic nitrogens is 2. The van der Waals surface area contributed by atoms with Crippen LogP contribution >= 0.6 is 11.3 Å². The Balaban J connectivity index is 2.15. The minimum atomic E-state index is 0.447. The van der Waals surface area contributed by atoms with Gasteiger partial charge in [-0.1, -0.05) is 39.0 Å². The van der Waals surface area contributed by atoms with Gasteiger partial charge in [0.1, 0.15) is 11.6 Å². The van der Waals surface area contributed by atoms with Crippen molar-refractivity contribution in [1.82, 2.24) is 15.5 Å². The van der Waals surface area contributed by atoms with Crippen molar-refractivity contribution in [3.63, 3.8) is 0 Å². The van der Waals surface area contributed by atoms with Crippen molar-refractivity contribution in [3.05, 3.63) is 5.01 Å². The summed E-state index contributed by atoms with van der Waals surface area (Å²) in [5, 5.41) is 12.9. The zero-order valence-electron chi connectivity index (χ0n) is 11.6. The van der Waals surface area contributed by atoms with E-state index in [0.717, 1.165) is 18.2 Å². The third kappa shape index (κ3) is 6.88. The van der Waals surface area contributed by atoms with Gasteiger partial charge in [0.05, 0.1) is 13.2 Å². The summed E-state index contributed by atoms with van der Waals surface area (Å²) < 4.78 is 10.9. The third-order valence-corrected chi connectivity index (χ3v) is 2.85. The lowest BCUT2D eigenvalue weighted by atomic mass is 10.2. The average Bonchev–Trinajstić information content (AvgIpc) is 2.73. The summed E-state index contributed by atoms with van der Waals surface area (Å²) in [7, 11) is 0. The molecule has 0 aliphatic carbocycles. The number of ether oxygens (including phenoxy) is 2. The number of hydrogen-bond donors (Lipinski definition) is 1. The molecule has 0 saturated carbocycles. The maximum atomic E-state index is 5.47. The Labute approximate surface area is 113 Å². The van der Waals surface area contributed by atoms with Crippen LogP contribution in [0.3, 0.4) is 0 Å². The van der Waals surface area contributed by atoms with E-state index in [9.17, 15) is 0 Å². The quantitative estimate of drug-likeness (QED) is 0.698. The monoisotopic (exact) mass is 273 g/mol. The van der Waals surface area contributed by atoms with Crippen molar-refractivity contribution in [2.45, 2.75) is 40.3 Å².